The van der Waals surface area contributed by atoms with Gasteiger partial charge in [-0.2, -0.15) is 18.2 Å². The molecule has 1 aromatic carbocycles. The van der Waals surface area contributed by atoms with Crippen molar-refractivity contribution in [3.05, 3.63) is 30.0 Å². The highest BCUT2D eigenvalue weighted by Gasteiger charge is 2.43. The second-order valence-corrected chi connectivity index (χ2v) is 13.4. The Morgan fingerprint density at radius 3 is 2.46 bits per heavy atom. The molecule has 1 fully saturated rings. The van der Waals surface area contributed by atoms with Gasteiger partial charge in [0.25, 0.3) is 0 Å². The average molecular weight is 667 g/mol. The van der Waals surface area contributed by atoms with Crippen LogP contribution in [0.1, 0.15) is 46.7 Å². The second-order valence-electron chi connectivity index (χ2n) is 12.3. The van der Waals surface area contributed by atoms with Crippen molar-refractivity contribution in [2.24, 2.45) is 11.8 Å². The third-order valence-corrected chi connectivity index (χ3v) is 8.06. The van der Waals surface area contributed by atoms with Gasteiger partial charge in [-0.25, -0.2) is 19.6 Å². The largest absolute Gasteiger partial charge is 0.464 e. The van der Waals surface area contributed by atoms with E-state index in [0.717, 1.165) is 4.70 Å². The Balaban J connectivity index is 1.53. The molecular weight excluding hydrogens is 629 g/mol. The number of aromatic nitrogens is 3. The Hall–Kier alpha value is -4.05. The summed E-state index contributed by atoms with van der Waals surface area (Å²) in [5.74, 6) is -2.78. The molecule has 1 aliphatic carbocycles. The summed E-state index contributed by atoms with van der Waals surface area (Å²) in [7, 11) is 0. The van der Waals surface area contributed by atoms with Gasteiger partial charge in [0.15, 0.2) is 5.78 Å². The molecule has 0 saturated heterocycles. The molecule has 4 rings (SSSR count). The lowest BCUT2D eigenvalue weighted by molar-refractivity contribution is -0.150. The van der Waals surface area contributed by atoms with Gasteiger partial charge in [0.05, 0.1) is 34.1 Å². The summed E-state index contributed by atoms with van der Waals surface area (Å²) in [4.78, 5) is 51.4. The maximum absolute atomic E-state index is 13.2. The van der Waals surface area contributed by atoms with Gasteiger partial charge in [-0.05, 0) is 52.2 Å². The predicted molar refractivity (Wildman–Crippen MR) is 165 cm³/mol. The van der Waals surface area contributed by atoms with Crippen LogP contribution < -0.4 is 16.0 Å². The quantitative estimate of drug-likeness (QED) is 0.219. The van der Waals surface area contributed by atoms with E-state index in [1.54, 1.807) is 41.5 Å². The molecule has 46 heavy (non-hydrogen) atoms. The van der Waals surface area contributed by atoms with E-state index < -0.39 is 60.3 Å². The number of esters is 1. The number of ketones is 1. The summed E-state index contributed by atoms with van der Waals surface area (Å²) in [6.45, 7) is 8.37. The fourth-order valence-electron chi connectivity index (χ4n) is 4.82. The highest BCUT2D eigenvalue weighted by Crippen LogP contribution is 2.37. The van der Waals surface area contributed by atoms with Crippen LogP contribution in [0.25, 0.3) is 20.8 Å². The van der Waals surface area contributed by atoms with Crippen molar-refractivity contribution in [3.8, 4) is 10.6 Å². The van der Waals surface area contributed by atoms with E-state index in [9.17, 15) is 32.7 Å². The van der Waals surface area contributed by atoms with Crippen molar-refractivity contribution >= 4 is 51.2 Å². The number of amides is 1. The molecule has 16 heteroatoms. The SMILES string of the molecule is Cc1nc(NCC(F)(F)F)nc(NC2CC(COC(=O)C(NC(=O)OC(C)(C)C)C(C)C)C(O)C2=O)c1-c1nc2ccccc2s1. The number of nitrogens with one attached hydrogen (secondary N) is 3. The summed E-state index contributed by atoms with van der Waals surface area (Å²) in [6, 6.07) is 5.29. The van der Waals surface area contributed by atoms with Crippen LogP contribution in [0.4, 0.5) is 29.7 Å². The molecule has 4 unspecified atom stereocenters. The van der Waals surface area contributed by atoms with Crippen molar-refractivity contribution < 1.29 is 42.1 Å². The highest BCUT2D eigenvalue weighted by atomic mass is 32.1. The molecule has 1 aliphatic rings. The van der Waals surface area contributed by atoms with Crippen LogP contribution in [0.5, 0.6) is 0 Å². The number of carbonyl (C=O) groups is 3. The summed E-state index contributed by atoms with van der Waals surface area (Å²) in [5.41, 5.74) is 0.622. The molecule has 4 N–H and O–H groups in total. The van der Waals surface area contributed by atoms with E-state index >= 15 is 0 Å². The Morgan fingerprint density at radius 1 is 1.13 bits per heavy atom. The number of thiazole rings is 1. The van der Waals surface area contributed by atoms with E-state index in [1.807, 2.05) is 24.3 Å². The van der Waals surface area contributed by atoms with Gasteiger partial charge in [-0.15, -0.1) is 11.3 Å². The lowest BCUT2D eigenvalue weighted by Gasteiger charge is -2.25. The van der Waals surface area contributed by atoms with Crippen LogP contribution in [-0.4, -0.2) is 81.0 Å². The average Bonchev–Trinajstić information content (AvgIpc) is 3.48. The first kappa shape index (κ1) is 34.8. The van der Waals surface area contributed by atoms with Crippen LogP contribution in [-0.2, 0) is 19.1 Å². The standard InChI is InChI=1S/C30H37F3N6O6S/c1-14(2)21(38-28(43)45-29(4,5)6)26(42)44-12-16-11-18(23(41)22(16)40)36-24-20(25-37-17-9-7-8-10-19(17)46-25)15(3)35-27(39-24)34-13-30(31,32)33/h7-10,14,16,18,21-22,40H,11-13H2,1-6H3,(H,38,43)(H2,34,35,36,39). The van der Waals surface area contributed by atoms with Gasteiger partial charge in [-0.1, -0.05) is 26.0 Å². The number of nitrogens with zero attached hydrogens (tertiary/aromatic N) is 3. The van der Waals surface area contributed by atoms with Crippen molar-refractivity contribution in [3.63, 3.8) is 0 Å². The van der Waals surface area contributed by atoms with Gasteiger partial charge < -0.3 is 30.5 Å². The topological polar surface area (TPSA) is 165 Å². The van der Waals surface area contributed by atoms with E-state index in [4.69, 9.17) is 9.47 Å². The number of hydrogen-bond donors (Lipinski definition) is 4. The predicted octanol–water partition coefficient (Wildman–Crippen LogP) is 4.86. The third-order valence-electron chi connectivity index (χ3n) is 7.01. The minimum absolute atomic E-state index is 0.0206. The van der Waals surface area contributed by atoms with Gasteiger partial charge in [0.2, 0.25) is 5.95 Å². The highest BCUT2D eigenvalue weighted by molar-refractivity contribution is 7.21. The number of aliphatic hydroxyl groups excluding tert-OH is 1. The van der Waals surface area contributed by atoms with Crippen LogP contribution in [0.3, 0.4) is 0 Å². The summed E-state index contributed by atoms with van der Waals surface area (Å²) < 4.78 is 50.3. The molecular formula is C30H37F3N6O6S. The number of alkyl halides is 3. The first-order chi connectivity index (χ1) is 21.4. The van der Waals surface area contributed by atoms with Gasteiger partial charge in [-0.3, -0.25) is 4.79 Å². The van der Waals surface area contributed by atoms with Crippen LogP contribution in [0.2, 0.25) is 0 Å². The van der Waals surface area contributed by atoms with Crippen LogP contribution >= 0.6 is 11.3 Å². The first-order valence-corrected chi connectivity index (χ1v) is 15.4. The lowest BCUT2D eigenvalue weighted by Crippen LogP contribution is -2.47. The zero-order valence-electron chi connectivity index (χ0n) is 26.2. The molecule has 0 bridgehead atoms. The number of alkyl carbamates (subject to hydrolysis) is 1. The Morgan fingerprint density at radius 2 is 1.83 bits per heavy atom. The number of benzene rings is 1. The van der Waals surface area contributed by atoms with Gasteiger partial charge in [0.1, 0.15) is 35.1 Å². The molecule has 2 aromatic heterocycles. The molecule has 2 heterocycles. The molecule has 0 aliphatic heterocycles. The van der Waals surface area contributed by atoms with E-state index in [-0.39, 0.29) is 30.7 Å². The maximum Gasteiger partial charge on any atom is 0.408 e. The van der Waals surface area contributed by atoms with Crippen molar-refractivity contribution in [1.29, 1.82) is 0 Å². The van der Waals surface area contributed by atoms with Crippen molar-refractivity contribution in [2.75, 3.05) is 23.8 Å². The van der Waals surface area contributed by atoms with Gasteiger partial charge >= 0.3 is 18.2 Å². The Labute approximate surface area is 267 Å². The van der Waals surface area contributed by atoms with Crippen molar-refractivity contribution in [2.45, 2.75) is 77.9 Å². The normalized spacial score (nSPS) is 19.3. The zero-order chi connectivity index (χ0) is 34.0. The number of Topliss-reactive ketones (excluding diaryl/α,β-unsaturated/α-hetero) is 1. The molecule has 1 saturated carbocycles. The molecule has 0 spiro atoms. The van der Waals surface area contributed by atoms with E-state index in [0.29, 0.717) is 21.8 Å². The van der Waals surface area contributed by atoms with E-state index in [1.165, 1.54) is 11.3 Å². The molecule has 250 valence electrons. The summed E-state index contributed by atoms with van der Waals surface area (Å²) in [5, 5.41) is 18.9. The minimum atomic E-state index is -4.52. The number of hydrogen-bond acceptors (Lipinski definition) is 12. The number of aliphatic hydroxyl groups is 1. The van der Waals surface area contributed by atoms with Crippen LogP contribution in [0, 0.1) is 18.8 Å². The fraction of sp³-hybridized carbons (Fsp3) is 0.533. The Kier molecular flexibility index (Phi) is 10.4. The number of aryl methyl sites for hydroxylation is 1. The number of para-hydroxylation sites is 1. The van der Waals surface area contributed by atoms with Crippen molar-refractivity contribution in [1.82, 2.24) is 20.3 Å². The minimum Gasteiger partial charge on any atom is -0.464 e. The molecule has 12 nitrogen and oxygen atoms in total. The Bertz CT molecular complexity index is 1560. The number of anilines is 2. The third kappa shape index (κ3) is 8.81. The zero-order valence-corrected chi connectivity index (χ0v) is 27.0. The molecule has 4 atom stereocenters. The number of halogens is 3. The molecule has 1 amide bonds. The fourth-order valence-corrected chi connectivity index (χ4v) is 5.89. The lowest BCUT2D eigenvalue weighted by atomic mass is 10.0. The second kappa shape index (κ2) is 13.7. The van der Waals surface area contributed by atoms with Crippen LogP contribution in [0.15, 0.2) is 24.3 Å². The summed E-state index contributed by atoms with van der Waals surface area (Å²) in [6.07, 6.45) is -6.80. The number of ether oxygens (including phenoxy) is 2. The summed E-state index contributed by atoms with van der Waals surface area (Å²) >= 11 is 1.32. The maximum atomic E-state index is 13.2. The monoisotopic (exact) mass is 666 g/mol. The van der Waals surface area contributed by atoms with E-state index in [2.05, 4.69) is 30.9 Å². The first-order valence-electron chi connectivity index (χ1n) is 14.6. The smallest absolute Gasteiger partial charge is 0.408 e. The molecule has 3 aromatic rings. The van der Waals surface area contributed by atoms with Gasteiger partial charge in [0, 0.05) is 5.92 Å². The number of carbonyl (C=O) groups excluding carboxylic acids is 3. The number of fused-ring (bicyclic) bond motifs is 1. The molecule has 0 radical (unpaired) electrons. The number of rotatable bonds is 10.